The van der Waals surface area contributed by atoms with Crippen molar-refractivity contribution in [1.82, 2.24) is 0 Å². The van der Waals surface area contributed by atoms with E-state index in [-0.39, 0.29) is 48.7 Å². The van der Waals surface area contributed by atoms with E-state index in [0.717, 1.165) is 96.7 Å². The summed E-state index contributed by atoms with van der Waals surface area (Å²) in [5.41, 5.74) is 0. The minimum absolute atomic E-state index is 0.0212. The number of hydrogen-bond acceptors (Lipinski definition) is 7. The first kappa shape index (κ1) is 31.5. The van der Waals surface area contributed by atoms with Crippen molar-refractivity contribution < 1.29 is 33.6 Å². The number of unbranched alkanes of at least 4 members (excludes halogenated alkanes) is 5. The van der Waals surface area contributed by atoms with Crippen LogP contribution in [-0.2, 0) is 28.5 Å². The number of aliphatic hydroxyl groups is 1. The Balaban J connectivity index is 1.61. The SMILES string of the molecule is CCCCC[C@@H](C=C[C@@H]1[C@@H](CCCCCCC(=O)OC)[C@@H](O)C[C@H]1OC1CCCCO1)OC1CCCCO1. The van der Waals surface area contributed by atoms with Gasteiger partial charge in [0.1, 0.15) is 0 Å². The quantitative estimate of drug-likeness (QED) is 0.129. The molecule has 3 fully saturated rings. The van der Waals surface area contributed by atoms with Crippen LogP contribution in [0.15, 0.2) is 12.2 Å². The van der Waals surface area contributed by atoms with Crippen LogP contribution in [0, 0.1) is 11.8 Å². The van der Waals surface area contributed by atoms with Crippen molar-refractivity contribution in [3.05, 3.63) is 12.2 Å². The van der Waals surface area contributed by atoms with E-state index in [2.05, 4.69) is 19.1 Å². The largest absolute Gasteiger partial charge is 0.469 e. The number of aliphatic hydroxyl groups excluding tert-OH is 1. The highest BCUT2D eigenvalue weighted by Gasteiger charge is 2.42. The van der Waals surface area contributed by atoms with E-state index in [4.69, 9.17) is 23.7 Å². The first-order valence-corrected chi connectivity index (χ1v) is 15.6. The van der Waals surface area contributed by atoms with Gasteiger partial charge in [-0.2, -0.15) is 0 Å². The first-order valence-electron chi connectivity index (χ1n) is 15.6. The molecule has 2 heterocycles. The van der Waals surface area contributed by atoms with Crippen molar-refractivity contribution in [2.75, 3.05) is 20.3 Å². The van der Waals surface area contributed by atoms with Crippen LogP contribution in [0.4, 0.5) is 0 Å². The summed E-state index contributed by atoms with van der Waals surface area (Å²) in [6.07, 6.45) is 20.7. The van der Waals surface area contributed by atoms with Crippen molar-refractivity contribution in [2.24, 2.45) is 11.8 Å². The van der Waals surface area contributed by atoms with Crippen LogP contribution in [0.3, 0.4) is 0 Å². The molecule has 0 radical (unpaired) electrons. The molecule has 0 aromatic heterocycles. The predicted molar refractivity (Wildman–Crippen MR) is 148 cm³/mol. The Bertz CT molecular complexity index is 657. The summed E-state index contributed by atoms with van der Waals surface area (Å²) in [5, 5.41) is 11.1. The van der Waals surface area contributed by atoms with Crippen LogP contribution >= 0.6 is 0 Å². The van der Waals surface area contributed by atoms with Crippen molar-refractivity contribution >= 4 is 5.97 Å². The fourth-order valence-electron chi connectivity index (χ4n) is 6.09. The summed E-state index contributed by atoms with van der Waals surface area (Å²) in [6.45, 7) is 3.76. The number of methoxy groups -OCH3 is 1. The molecule has 2 saturated heterocycles. The number of esters is 1. The molecule has 3 rings (SSSR count). The average Bonchev–Trinajstić information content (AvgIpc) is 3.23. The van der Waals surface area contributed by atoms with E-state index in [1.807, 2.05) is 0 Å². The van der Waals surface area contributed by atoms with Gasteiger partial charge >= 0.3 is 5.97 Å². The molecule has 1 aliphatic carbocycles. The molecule has 2 aliphatic heterocycles. The van der Waals surface area contributed by atoms with Gasteiger partial charge in [0.25, 0.3) is 0 Å². The maximum absolute atomic E-state index is 11.4. The lowest BCUT2D eigenvalue weighted by atomic mass is 9.87. The number of ether oxygens (including phenoxy) is 5. The third kappa shape index (κ3) is 11.2. The normalized spacial score (nSPS) is 31.0. The molecule has 1 N–H and O–H groups in total. The minimum atomic E-state index is -0.380. The molecule has 7 heteroatoms. The molecule has 0 amide bonds. The maximum Gasteiger partial charge on any atom is 0.305 e. The number of carbonyl (C=O) groups excluding carboxylic acids is 1. The smallest absolute Gasteiger partial charge is 0.305 e. The van der Waals surface area contributed by atoms with Gasteiger partial charge in [0, 0.05) is 32.0 Å². The van der Waals surface area contributed by atoms with Gasteiger partial charge in [-0.05, 0) is 63.7 Å². The van der Waals surface area contributed by atoms with Crippen molar-refractivity contribution in [1.29, 1.82) is 0 Å². The highest BCUT2D eigenvalue weighted by molar-refractivity contribution is 5.68. The standard InChI is InChI=1S/C31H54O7/c1-3-4-7-14-24(37-30-17-10-12-21-35-30)19-20-26-25(15-8-5-6-9-16-29(33)34-2)27(32)23-28(26)38-31-18-11-13-22-36-31/h19-20,24-28,30-32H,3-18,21-23H2,1-2H3/t24-,25+,26+,27-,28+,30?,31?/m0/s1. The van der Waals surface area contributed by atoms with Gasteiger partial charge < -0.3 is 28.8 Å². The van der Waals surface area contributed by atoms with Gasteiger partial charge in [0.05, 0.1) is 25.4 Å². The number of carbonyl (C=O) groups is 1. The topological polar surface area (TPSA) is 83.5 Å². The Morgan fingerprint density at radius 3 is 2.39 bits per heavy atom. The van der Waals surface area contributed by atoms with Gasteiger partial charge in [0.15, 0.2) is 12.6 Å². The molecular weight excluding hydrogens is 484 g/mol. The van der Waals surface area contributed by atoms with Crippen LogP contribution in [0.5, 0.6) is 0 Å². The van der Waals surface area contributed by atoms with Crippen LogP contribution in [0.2, 0.25) is 0 Å². The lowest BCUT2D eigenvalue weighted by molar-refractivity contribution is -0.193. The average molecular weight is 539 g/mol. The van der Waals surface area contributed by atoms with E-state index in [1.165, 1.54) is 20.0 Å². The summed E-state index contributed by atoms with van der Waals surface area (Å²) in [6, 6.07) is 0. The van der Waals surface area contributed by atoms with Crippen molar-refractivity contribution in [3.8, 4) is 0 Å². The molecule has 7 nitrogen and oxygen atoms in total. The Hall–Kier alpha value is -0.990. The summed E-state index contributed by atoms with van der Waals surface area (Å²) in [7, 11) is 1.44. The van der Waals surface area contributed by atoms with Gasteiger partial charge in [-0.3, -0.25) is 4.79 Å². The molecule has 38 heavy (non-hydrogen) atoms. The van der Waals surface area contributed by atoms with Gasteiger partial charge in [-0.15, -0.1) is 0 Å². The number of hydrogen-bond donors (Lipinski definition) is 1. The van der Waals surface area contributed by atoms with Gasteiger partial charge in [0.2, 0.25) is 0 Å². The summed E-state index contributed by atoms with van der Waals surface area (Å²) < 4.78 is 29.4. The van der Waals surface area contributed by atoms with Crippen LogP contribution in [0.25, 0.3) is 0 Å². The third-order valence-electron chi connectivity index (χ3n) is 8.36. The Morgan fingerprint density at radius 2 is 1.71 bits per heavy atom. The predicted octanol–water partition coefficient (Wildman–Crippen LogP) is 6.46. The highest BCUT2D eigenvalue weighted by atomic mass is 16.7. The second-order valence-electron chi connectivity index (χ2n) is 11.4. The lowest BCUT2D eigenvalue weighted by Gasteiger charge is -2.30. The van der Waals surface area contributed by atoms with Gasteiger partial charge in [-0.25, -0.2) is 0 Å². The molecule has 0 aromatic carbocycles. The maximum atomic E-state index is 11.4. The molecule has 3 aliphatic rings. The molecule has 0 spiro atoms. The molecule has 2 unspecified atom stereocenters. The third-order valence-corrected chi connectivity index (χ3v) is 8.36. The summed E-state index contributed by atoms with van der Waals surface area (Å²) in [4.78, 5) is 11.4. The van der Waals surface area contributed by atoms with Crippen LogP contribution in [0.1, 0.15) is 116 Å². The molecule has 0 bridgehead atoms. The van der Waals surface area contributed by atoms with E-state index >= 15 is 0 Å². The second kappa shape index (κ2) is 18.4. The fourth-order valence-corrected chi connectivity index (χ4v) is 6.09. The fraction of sp³-hybridized carbons (Fsp3) is 0.903. The number of rotatable bonds is 17. The monoisotopic (exact) mass is 538 g/mol. The zero-order valence-corrected chi connectivity index (χ0v) is 24.0. The summed E-state index contributed by atoms with van der Waals surface area (Å²) in [5.74, 6) is 0.151. The molecule has 220 valence electrons. The first-order chi connectivity index (χ1) is 18.6. The lowest BCUT2D eigenvalue weighted by Crippen LogP contribution is -2.31. The Kier molecular flexibility index (Phi) is 15.2. The van der Waals surface area contributed by atoms with Crippen LogP contribution < -0.4 is 0 Å². The zero-order chi connectivity index (χ0) is 27.0. The Labute approximate surface area is 231 Å². The van der Waals surface area contributed by atoms with E-state index < -0.39 is 0 Å². The minimum Gasteiger partial charge on any atom is -0.469 e. The van der Waals surface area contributed by atoms with E-state index in [1.54, 1.807) is 0 Å². The molecule has 0 aromatic rings. The van der Waals surface area contributed by atoms with Crippen LogP contribution in [-0.4, -0.2) is 62.3 Å². The van der Waals surface area contributed by atoms with Crippen molar-refractivity contribution in [2.45, 2.75) is 147 Å². The Morgan fingerprint density at radius 1 is 0.974 bits per heavy atom. The zero-order valence-electron chi connectivity index (χ0n) is 24.0. The van der Waals surface area contributed by atoms with Gasteiger partial charge in [-0.1, -0.05) is 57.6 Å². The molecular formula is C31H54O7. The summed E-state index contributed by atoms with van der Waals surface area (Å²) >= 11 is 0. The highest BCUT2D eigenvalue weighted by Crippen LogP contribution is 2.40. The van der Waals surface area contributed by atoms with Crippen molar-refractivity contribution in [3.63, 3.8) is 0 Å². The van der Waals surface area contributed by atoms with E-state index in [0.29, 0.717) is 12.8 Å². The second-order valence-corrected chi connectivity index (χ2v) is 11.4. The van der Waals surface area contributed by atoms with E-state index in [9.17, 15) is 9.90 Å². The molecule has 1 saturated carbocycles. The molecule has 7 atom stereocenters.